The van der Waals surface area contributed by atoms with Crippen LogP contribution in [-0.4, -0.2) is 24.8 Å². The molecule has 1 aliphatic heterocycles. The van der Waals surface area contributed by atoms with E-state index >= 15 is 0 Å². The van der Waals surface area contributed by atoms with Crippen molar-refractivity contribution in [2.75, 3.05) is 13.2 Å². The van der Waals surface area contributed by atoms with Crippen LogP contribution in [0.1, 0.15) is 59.3 Å². The van der Waals surface area contributed by atoms with Crippen molar-refractivity contribution in [3.8, 4) is 0 Å². The monoisotopic (exact) mass is 213 g/mol. The molecule has 0 aliphatic carbocycles. The Morgan fingerprint density at radius 2 is 1.93 bits per heavy atom. The van der Waals surface area contributed by atoms with Crippen LogP contribution in [0.15, 0.2) is 0 Å². The fraction of sp³-hybridized carbons (Fsp3) is 1.00. The Bertz CT molecular complexity index is 166. The molecule has 2 heteroatoms. The molecule has 0 saturated carbocycles. The molecule has 0 amide bonds. The van der Waals surface area contributed by atoms with E-state index in [0.717, 1.165) is 13.2 Å². The molecule has 0 bridgehead atoms. The van der Waals surface area contributed by atoms with Gasteiger partial charge < -0.3 is 10.1 Å². The van der Waals surface area contributed by atoms with Gasteiger partial charge in [0.1, 0.15) is 0 Å². The highest BCUT2D eigenvalue weighted by Gasteiger charge is 2.25. The number of nitrogens with one attached hydrogen (secondary N) is 1. The van der Waals surface area contributed by atoms with Gasteiger partial charge in [-0.05, 0) is 32.6 Å². The molecule has 0 spiro atoms. The Morgan fingerprint density at radius 1 is 1.27 bits per heavy atom. The van der Waals surface area contributed by atoms with Crippen LogP contribution in [0.25, 0.3) is 0 Å². The van der Waals surface area contributed by atoms with Gasteiger partial charge in [-0.3, -0.25) is 0 Å². The number of ether oxygens (including phenoxy) is 1. The number of rotatable bonds is 6. The highest BCUT2D eigenvalue weighted by molar-refractivity contribution is 4.86. The summed E-state index contributed by atoms with van der Waals surface area (Å²) < 4.78 is 5.39. The van der Waals surface area contributed by atoms with Gasteiger partial charge in [-0.2, -0.15) is 0 Å². The van der Waals surface area contributed by atoms with Crippen molar-refractivity contribution in [1.82, 2.24) is 5.32 Å². The third-order valence-electron chi connectivity index (χ3n) is 3.64. The lowest BCUT2D eigenvalue weighted by Crippen LogP contribution is -2.49. The summed E-state index contributed by atoms with van der Waals surface area (Å²) in [6, 6.07) is 0.681. The lowest BCUT2D eigenvalue weighted by atomic mass is 9.90. The van der Waals surface area contributed by atoms with E-state index in [0.29, 0.717) is 11.6 Å². The zero-order valence-electron chi connectivity index (χ0n) is 10.6. The second-order valence-electron chi connectivity index (χ2n) is 5.05. The average Bonchev–Trinajstić information content (AvgIpc) is 2.28. The third-order valence-corrected chi connectivity index (χ3v) is 3.64. The highest BCUT2D eigenvalue weighted by atomic mass is 16.5. The molecule has 2 nitrogen and oxygen atoms in total. The predicted molar refractivity (Wildman–Crippen MR) is 65.2 cm³/mol. The zero-order valence-corrected chi connectivity index (χ0v) is 10.6. The van der Waals surface area contributed by atoms with Crippen LogP contribution < -0.4 is 5.32 Å². The van der Waals surface area contributed by atoms with E-state index in [9.17, 15) is 0 Å². The minimum absolute atomic E-state index is 0.345. The first-order chi connectivity index (χ1) is 7.20. The van der Waals surface area contributed by atoms with Gasteiger partial charge in [0.2, 0.25) is 0 Å². The fourth-order valence-electron chi connectivity index (χ4n) is 2.25. The van der Waals surface area contributed by atoms with Crippen molar-refractivity contribution in [3.05, 3.63) is 0 Å². The normalized spacial score (nSPS) is 22.6. The maximum absolute atomic E-state index is 5.39. The van der Waals surface area contributed by atoms with Gasteiger partial charge in [0.05, 0.1) is 0 Å². The molecule has 1 atom stereocenters. The summed E-state index contributed by atoms with van der Waals surface area (Å²) in [6.45, 7) is 8.81. The van der Waals surface area contributed by atoms with Crippen molar-refractivity contribution >= 4 is 0 Å². The second kappa shape index (κ2) is 6.49. The standard InChI is InChI=1S/C13H27NO/c1-4-6-9-13(3,5-2)14-12-7-10-15-11-8-12/h12,14H,4-11H2,1-3H3. The fourth-order valence-corrected chi connectivity index (χ4v) is 2.25. The summed E-state index contributed by atoms with van der Waals surface area (Å²) in [4.78, 5) is 0. The topological polar surface area (TPSA) is 21.3 Å². The van der Waals surface area contributed by atoms with E-state index in [1.165, 1.54) is 38.5 Å². The van der Waals surface area contributed by atoms with E-state index in [4.69, 9.17) is 4.74 Å². The summed E-state index contributed by atoms with van der Waals surface area (Å²) in [5, 5.41) is 3.84. The van der Waals surface area contributed by atoms with Gasteiger partial charge in [0.15, 0.2) is 0 Å². The SMILES string of the molecule is CCCCC(C)(CC)NC1CCOCC1. The van der Waals surface area contributed by atoms with E-state index in [2.05, 4.69) is 26.1 Å². The third kappa shape index (κ3) is 4.52. The molecular formula is C13H27NO. The molecule has 1 N–H and O–H groups in total. The van der Waals surface area contributed by atoms with E-state index < -0.39 is 0 Å². The molecule has 0 aromatic heterocycles. The van der Waals surface area contributed by atoms with Gasteiger partial charge in [-0.1, -0.05) is 26.7 Å². The molecule has 15 heavy (non-hydrogen) atoms. The molecule has 1 unspecified atom stereocenters. The predicted octanol–water partition coefficient (Wildman–Crippen LogP) is 3.11. The van der Waals surface area contributed by atoms with Crippen LogP contribution in [0, 0.1) is 0 Å². The number of unbranched alkanes of at least 4 members (excludes halogenated alkanes) is 1. The largest absolute Gasteiger partial charge is 0.381 e. The van der Waals surface area contributed by atoms with Crippen LogP contribution >= 0.6 is 0 Å². The smallest absolute Gasteiger partial charge is 0.0480 e. The average molecular weight is 213 g/mol. The molecule has 0 radical (unpaired) electrons. The molecule has 0 aromatic carbocycles. The minimum atomic E-state index is 0.345. The second-order valence-corrected chi connectivity index (χ2v) is 5.05. The molecule has 90 valence electrons. The molecular weight excluding hydrogens is 186 g/mol. The summed E-state index contributed by atoms with van der Waals surface area (Å²) in [5.74, 6) is 0. The van der Waals surface area contributed by atoms with Gasteiger partial charge >= 0.3 is 0 Å². The Labute approximate surface area is 94.8 Å². The van der Waals surface area contributed by atoms with E-state index in [1.807, 2.05) is 0 Å². The van der Waals surface area contributed by atoms with Crippen molar-refractivity contribution in [2.24, 2.45) is 0 Å². The first-order valence-corrected chi connectivity index (χ1v) is 6.55. The maximum Gasteiger partial charge on any atom is 0.0480 e. The number of hydrogen-bond donors (Lipinski definition) is 1. The minimum Gasteiger partial charge on any atom is -0.381 e. The molecule has 1 heterocycles. The Morgan fingerprint density at radius 3 is 2.47 bits per heavy atom. The quantitative estimate of drug-likeness (QED) is 0.732. The first kappa shape index (κ1) is 13.0. The molecule has 1 saturated heterocycles. The van der Waals surface area contributed by atoms with Crippen LogP contribution in [0.3, 0.4) is 0 Å². The first-order valence-electron chi connectivity index (χ1n) is 6.55. The molecule has 1 aliphatic rings. The van der Waals surface area contributed by atoms with Gasteiger partial charge in [-0.15, -0.1) is 0 Å². The Hall–Kier alpha value is -0.0800. The van der Waals surface area contributed by atoms with Crippen molar-refractivity contribution in [3.63, 3.8) is 0 Å². The van der Waals surface area contributed by atoms with Gasteiger partial charge in [-0.25, -0.2) is 0 Å². The maximum atomic E-state index is 5.39. The van der Waals surface area contributed by atoms with Gasteiger partial charge in [0.25, 0.3) is 0 Å². The lowest BCUT2D eigenvalue weighted by Gasteiger charge is -2.36. The van der Waals surface area contributed by atoms with E-state index in [1.54, 1.807) is 0 Å². The zero-order chi connectivity index (χ0) is 11.1. The molecule has 1 rings (SSSR count). The highest BCUT2D eigenvalue weighted by Crippen LogP contribution is 2.21. The number of hydrogen-bond acceptors (Lipinski definition) is 2. The molecule has 0 aromatic rings. The van der Waals surface area contributed by atoms with Gasteiger partial charge in [0, 0.05) is 24.8 Å². The van der Waals surface area contributed by atoms with Crippen LogP contribution in [0.4, 0.5) is 0 Å². The molecule has 1 fully saturated rings. The van der Waals surface area contributed by atoms with Crippen molar-refractivity contribution in [1.29, 1.82) is 0 Å². The van der Waals surface area contributed by atoms with Crippen LogP contribution in [0.2, 0.25) is 0 Å². The summed E-state index contributed by atoms with van der Waals surface area (Å²) in [7, 11) is 0. The van der Waals surface area contributed by atoms with Crippen molar-refractivity contribution < 1.29 is 4.74 Å². The lowest BCUT2D eigenvalue weighted by molar-refractivity contribution is 0.0673. The summed E-state index contributed by atoms with van der Waals surface area (Å²) in [6.07, 6.45) is 7.52. The Balaban J connectivity index is 2.35. The van der Waals surface area contributed by atoms with E-state index in [-0.39, 0.29) is 0 Å². The Kier molecular flexibility index (Phi) is 5.62. The van der Waals surface area contributed by atoms with Crippen LogP contribution in [-0.2, 0) is 4.74 Å². The van der Waals surface area contributed by atoms with Crippen LogP contribution in [0.5, 0.6) is 0 Å². The van der Waals surface area contributed by atoms with Crippen molar-refractivity contribution in [2.45, 2.75) is 70.9 Å². The summed E-state index contributed by atoms with van der Waals surface area (Å²) >= 11 is 0. The summed E-state index contributed by atoms with van der Waals surface area (Å²) in [5.41, 5.74) is 0.345.